The number of nitrogen functional groups attached to an aromatic ring is 1. The van der Waals surface area contributed by atoms with E-state index in [1.54, 1.807) is 0 Å². The standard InChI is InChI=1S/C16H22N4O/c1-20(9-11-5-4-8-14(11)21)10-15-18-13-7-3-2-6-12(13)16(17)19-15/h2-3,6-7,11,14,21H,4-5,8-10H2,1H3,(H2,17,18,19). The number of aliphatic hydroxyl groups excluding tert-OH is 1. The number of para-hydroxylation sites is 1. The van der Waals surface area contributed by atoms with Crippen LogP contribution in [0.15, 0.2) is 24.3 Å². The van der Waals surface area contributed by atoms with Gasteiger partial charge in [0.15, 0.2) is 0 Å². The lowest BCUT2D eigenvalue weighted by molar-refractivity contribution is 0.107. The molecule has 2 atom stereocenters. The summed E-state index contributed by atoms with van der Waals surface area (Å²) in [7, 11) is 2.04. The van der Waals surface area contributed by atoms with E-state index in [1.165, 1.54) is 0 Å². The van der Waals surface area contributed by atoms with Gasteiger partial charge in [0, 0.05) is 11.9 Å². The molecule has 112 valence electrons. The van der Waals surface area contributed by atoms with Crippen molar-refractivity contribution in [2.24, 2.45) is 5.92 Å². The fourth-order valence-electron chi connectivity index (χ4n) is 3.16. The summed E-state index contributed by atoms with van der Waals surface area (Å²) < 4.78 is 0. The molecule has 1 aromatic heterocycles. The van der Waals surface area contributed by atoms with Gasteiger partial charge in [-0.25, -0.2) is 9.97 Å². The van der Waals surface area contributed by atoms with Gasteiger partial charge in [-0.2, -0.15) is 0 Å². The van der Waals surface area contributed by atoms with E-state index in [0.717, 1.165) is 42.5 Å². The van der Waals surface area contributed by atoms with Crippen molar-refractivity contribution < 1.29 is 5.11 Å². The zero-order chi connectivity index (χ0) is 14.8. The molecule has 21 heavy (non-hydrogen) atoms. The minimum atomic E-state index is -0.157. The topological polar surface area (TPSA) is 75.3 Å². The van der Waals surface area contributed by atoms with E-state index in [4.69, 9.17) is 5.73 Å². The average molecular weight is 286 g/mol. The number of hydrogen-bond donors (Lipinski definition) is 2. The van der Waals surface area contributed by atoms with Gasteiger partial charge in [-0.05, 0) is 37.9 Å². The molecular weight excluding hydrogens is 264 g/mol. The maximum atomic E-state index is 9.91. The fourth-order valence-corrected chi connectivity index (χ4v) is 3.16. The number of nitrogens with zero attached hydrogens (tertiary/aromatic N) is 3. The Bertz CT molecular complexity index is 631. The van der Waals surface area contributed by atoms with Crippen LogP contribution in [0.2, 0.25) is 0 Å². The van der Waals surface area contributed by atoms with Gasteiger partial charge in [0.1, 0.15) is 11.6 Å². The molecule has 1 aliphatic carbocycles. The molecule has 1 aliphatic rings. The molecule has 3 N–H and O–H groups in total. The molecule has 5 heteroatoms. The molecule has 0 spiro atoms. The predicted octanol–water partition coefficient (Wildman–Crippen LogP) is 1.80. The Labute approximate surface area is 124 Å². The lowest BCUT2D eigenvalue weighted by Gasteiger charge is -2.22. The number of fused-ring (bicyclic) bond motifs is 1. The van der Waals surface area contributed by atoms with Crippen LogP contribution in [0.4, 0.5) is 5.82 Å². The minimum Gasteiger partial charge on any atom is -0.393 e. The van der Waals surface area contributed by atoms with E-state index >= 15 is 0 Å². The number of anilines is 1. The molecule has 1 fully saturated rings. The highest BCUT2D eigenvalue weighted by Gasteiger charge is 2.26. The van der Waals surface area contributed by atoms with Crippen LogP contribution >= 0.6 is 0 Å². The summed E-state index contributed by atoms with van der Waals surface area (Å²) in [4.78, 5) is 11.1. The smallest absolute Gasteiger partial charge is 0.145 e. The molecule has 1 heterocycles. The van der Waals surface area contributed by atoms with Gasteiger partial charge in [-0.1, -0.05) is 18.6 Å². The van der Waals surface area contributed by atoms with E-state index in [9.17, 15) is 5.11 Å². The summed E-state index contributed by atoms with van der Waals surface area (Å²) in [6.07, 6.45) is 3.00. The second kappa shape index (κ2) is 5.95. The Morgan fingerprint density at radius 1 is 1.29 bits per heavy atom. The van der Waals surface area contributed by atoms with Crippen molar-refractivity contribution >= 4 is 16.7 Å². The maximum absolute atomic E-state index is 9.91. The summed E-state index contributed by atoms with van der Waals surface area (Å²) in [5, 5.41) is 10.8. The number of hydrogen-bond acceptors (Lipinski definition) is 5. The Hall–Kier alpha value is -1.72. The lowest BCUT2D eigenvalue weighted by Crippen LogP contribution is -2.30. The normalized spacial score (nSPS) is 22.2. The van der Waals surface area contributed by atoms with E-state index in [2.05, 4.69) is 14.9 Å². The van der Waals surface area contributed by atoms with Crippen LogP contribution in [0.25, 0.3) is 10.9 Å². The molecular formula is C16H22N4O. The van der Waals surface area contributed by atoms with E-state index < -0.39 is 0 Å². The molecule has 5 nitrogen and oxygen atoms in total. The van der Waals surface area contributed by atoms with Crippen LogP contribution < -0.4 is 5.73 Å². The largest absolute Gasteiger partial charge is 0.393 e. The zero-order valence-corrected chi connectivity index (χ0v) is 12.4. The second-order valence-electron chi connectivity index (χ2n) is 6.00. The summed E-state index contributed by atoms with van der Waals surface area (Å²) in [6, 6.07) is 7.79. The van der Waals surface area contributed by atoms with Gasteiger partial charge in [-0.3, -0.25) is 4.90 Å². The Kier molecular flexibility index (Phi) is 4.03. The Morgan fingerprint density at radius 3 is 2.86 bits per heavy atom. The van der Waals surface area contributed by atoms with Crippen LogP contribution in [0.1, 0.15) is 25.1 Å². The highest BCUT2D eigenvalue weighted by atomic mass is 16.3. The number of aromatic nitrogens is 2. The molecule has 2 unspecified atom stereocenters. The average Bonchev–Trinajstić information content (AvgIpc) is 2.84. The minimum absolute atomic E-state index is 0.157. The van der Waals surface area contributed by atoms with Crippen LogP contribution in [0.5, 0.6) is 0 Å². The van der Waals surface area contributed by atoms with Crippen LogP contribution in [0.3, 0.4) is 0 Å². The summed E-state index contributed by atoms with van der Waals surface area (Å²) in [6.45, 7) is 1.52. The van der Waals surface area contributed by atoms with E-state index in [0.29, 0.717) is 18.3 Å². The van der Waals surface area contributed by atoms with Gasteiger partial charge >= 0.3 is 0 Å². The van der Waals surface area contributed by atoms with Crippen molar-refractivity contribution in [1.82, 2.24) is 14.9 Å². The molecule has 2 aromatic rings. The third kappa shape index (κ3) is 3.14. The SMILES string of the molecule is CN(Cc1nc(N)c2ccccc2n1)CC1CCCC1O. The molecule has 3 rings (SSSR count). The number of rotatable bonds is 4. The first-order chi connectivity index (χ1) is 10.1. The van der Waals surface area contributed by atoms with E-state index in [1.807, 2.05) is 31.3 Å². The second-order valence-corrected chi connectivity index (χ2v) is 6.00. The highest BCUT2D eigenvalue weighted by Crippen LogP contribution is 2.26. The molecule has 1 saturated carbocycles. The predicted molar refractivity (Wildman–Crippen MR) is 83.6 cm³/mol. The third-order valence-electron chi connectivity index (χ3n) is 4.26. The van der Waals surface area contributed by atoms with Crippen molar-refractivity contribution in [2.75, 3.05) is 19.3 Å². The number of benzene rings is 1. The summed E-state index contributed by atoms with van der Waals surface area (Å²) in [5.74, 6) is 1.64. The molecule has 0 radical (unpaired) electrons. The van der Waals surface area contributed by atoms with Gasteiger partial charge < -0.3 is 10.8 Å². The first-order valence-electron chi connectivity index (χ1n) is 7.51. The van der Waals surface area contributed by atoms with Gasteiger partial charge in [-0.15, -0.1) is 0 Å². The van der Waals surface area contributed by atoms with Crippen molar-refractivity contribution in [3.63, 3.8) is 0 Å². The quantitative estimate of drug-likeness (QED) is 0.896. The van der Waals surface area contributed by atoms with Crippen molar-refractivity contribution in [2.45, 2.75) is 31.9 Å². The highest BCUT2D eigenvalue weighted by molar-refractivity contribution is 5.87. The molecule has 0 saturated heterocycles. The van der Waals surface area contributed by atoms with E-state index in [-0.39, 0.29) is 6.10 Å². The molecule has 0 amide bonds. The first kappa shape index (κ1) is 14.2. The Balaban J connectivity index is 1.72. The van der Waals surface area contributed by atoms with Gasteiger partial charge in [0.2, 0.25) is 0 Å². The molecule has 0 aliphatic heterocycles. The molecule has 0 bridgehead atoms. The van der Waals surface area contributed by atoms with Crippen molar-refractivity contribution in [1.29, 1.82) is 0 Å². The van der Waals surface area contributed by atoms with Gasteiger partial charge in [0.05, 0.1) is 18.2 Å². The van der Waals surface area contributed by atoms with Crippen LogP contribution in [-0.4, -0.2) is 39.7 Å². The van der Waals surface area contributed by atoms with Crippen molar-refractivity contribution in [3.8, 4) is 0 Å². The fraction of sp³-hybridized carbons (Fsp3) is 0.500. The third-order valence-corrected chi connectivity index (χ3v) is 4.26. The number of aliphatic hydroxyl groups is 1. The van der Waals surface area contributed by atoms with Crippen LogP contribution in [0, 0.1) is 5.92 Å². The first-order valence-corrected chi connectivity index (χ1v) is 7.51. The molecule has 1 aromatic carbocycles. The van der Waals surface area contributed by atoms with Gasteiger partial charge in [0.25, 0.3) is 0 Å². The lowest BCUT2D eigenvalue weighted by atomic mass is 10.1. The number of nitrogens with two attached hydrogens (primary N) is 1. The zero-order valence-electron chi connectivity index (χ0n) is 12.4. The monoisotopic (exact) mass is 286 g/mol. The van der Waals surface area contributed by atoms with Crippen molar-refractivity contribution in [3.05, 3.63) is 30.1 Å². The summed E-state index contributed by atoms with van der Waals surface area (Å²) >= 11 is 0. The van der Waals surface area contributed by atoms with Crippen LogP contribution in [-0.2, 0) is 6.54 Å². The maximum Gasteiger partial charge on any atom is 0.145 e. The Morgan fingerprint density at radius 2 is 2.10 bits per heavy atom. The summed E-state index contributed by atoms with van der Waals surface area (Å²) in [5.41, 5.74) is 6.89.